The van der Waals surface area contributed by atoms with Crippen molar-refractivity contribution < 1.29 is 17.4 Å². The van der Waals surface area contributed by atoms with Crippen LogP contribution in [0.3, 0.4) is 0 Å². The fourth-order valence-corrected chi connectivity index (χ4v) is 3.12. The lowest BCUT2D eigenvalue weighted by molar-refractivity contribution is 0.485. The third kappa shape index (κ3) is 2.46. The molecule has 0 amide bonds. The average molecular weight is 293 g/mol. The van der Waals surface area contributed by atoms with E-state index in [0.717, 1.165) is 11.5 Å². The first-order valence-electron chi connectivity index (χ1n) is 4.46. The number of rotatable bonds is 3. The zero-order valence-electron chi connectivity index (χ0n) is 8.69. The fraction of sp³-hybridized carbons (Fsp3) is 0. The van der Waals surface area contributed by atoms with E-state index in [9.17, 15) is 17.4 Å². The molecule has 0 aliphatic carbocycles. The van der Waals surface area contributed by atoms with E-state index >= 15 is 0 Å². The summed E-state index contributed by atoms with van der Waals surface area (Å²) < 4.78 is 57.3. The van der Waals surface area contributed by atoms with Gasteiger partial charge in [-0.2, -0.15) is 4.37 Å². The number of anilines is 1. The monoisotopic (exact) mass is 293 g/mol. The fourth-order valence-electron chi connectivity index (χ4n) is 1.17. The van der Waals surface area contributed by atoms with E-state index in [-0.39, 0.29) is 5.13 Å². The molecule has 1 aromatic heterocycles. The maximum Gasteiger partial charge on any atom is 0.213 e. The van der Waals surface area contributed by atoms with Gasteiger partial charge in [-0.1, -0.05) is 0 Å². The number of hydrogen-bond donors (Lipinski definition) is 1. The van der Waals surface area contributed by atoms with E-state index in [1.54, 1.807) is 0 Å². The topological polar surface area (TPSA) is 54.9 Å². The van der Waals surface area contributed by atoms with E-state index in [4.69, 9.17) is 0 Å². The maximum absolute atomic E-state index is 13.5. The van der Waals surface area contributed by atoms with Crippen LogP contribution in [0.25, 0.3) is 0 Å². The first-order chi connectivity index (χ1) is 8.40. The molecule has 0 saturated heterocycles. The van der Waals surface area contributed by atoms with Gasteiger partial charge in [0.1, 0.15) is 12.1 Å². The molecule has 1 unspecified atom stereocenters. The zero-order chi connectivity index (χ0) is 13.3. The number of nitrogens with one attached hydrogen (secondary N) is 1. The molecule has 18 heavy (non-hydrogen) atoms. The number of halogens is 3. The minimum atomic E-state index is -3.38. The lowest BCUT2D eigenvalue weighted by Crippen LogP contribution is -2.15. The van der Waals surface area contributed by atoms with Gasteiger partial charge in [-0.25, -0.2) is 22.4 Å². The minimum absolute atomic E-state index is 0.138. The Hall–Kier alpha value is -1.61. The lowest BCUT2D eigenvalue weighted by Gasteiger charge is -2.11. The Kier molecular flexibility index (Phi) is 3.26. The summed E-state index contributed by atoms with van der Waals surface area (Å²) in [4.78, 5) is 3.12. The highest BCUT2D eigenvalue weighted by Gasteiger charge is 2.18. The summed E-state index contributed by atoms with van der Waals surface area (Å²) in [6.45, 7) is 0. The summed E-state index contributed by atoms with van der Waals surface area (Å²) in [5, 5.41) is 0.138. The predicted molar refractivity (Wildman–Crippen MR) is 63.4 cm³/mol. The van der Waals surface area contributed by atoms with Crippen molar-refractivity contribution in [2.24, 2.45) is 0 Å². The largest absolute Gasteiger partial charge is 0.283 e. The second-order valence-corrected chi connectivity index (χ2v) is 6.00. The summed E-state index contributed by atoms with van der Waals surface area (Å²) in [6.07, 6.45) is 1.20. The van der Waals surface area contributed by atoms with E-state index in [0.29, 0.717) is 12.1 Å². The Labute approximate surface area is 105 Å². The van der Waals surface area contributed by atoms with Crippen LogP contribution in [0.2, 0.25) is 0 Å². The van der Waals surface area contributed by atoms with Crippen LogP contribution in [0, 0.1) is 17.5 Å². The Morgan fingerprint density at radius 1 is 1.22 bits per heavy atom. The summed E-state index contributed by atoms with van der Waals surface area (Å²) in [7, 11) is -3.38. The maximum atomic E-state index is 13.5. The van der Waals surface area contributed by atoms with Crippen molar-refractivity contribution in [3.63, 3.8) is 0 Å². The molecule has 0 bridgehead atoms. The minimum Gasteiger partial charge on any atom is -0.283 e. The first-order valence-corrected chi connectivity index (χ1v) is 6.96. The van der Waals surface area contributed by atoms with Crippen molar-refractivity contribution in [3.8, 4) is 0 Å². The molecule has 1 aromatic carbocycles. The molecule has 0 fully saturated rings. The number of nitrogens with zero attached hydrogens (tertiary/aromatic N) is 2. The van der Waals surface area contributed by atoms with Gasteiger partial charge in [-0.15, -0.1) is 0 Å². The van der Waals surface area contributed by atoms with Crippen molar-refractivity contribution in [1.29, 1.82) is 0 Å². The molecular formula is C9H6F3N3OS2. The van der Waals surface area contributed by atoms with Crippen LogP contribution in [0.4, 0.5) is 18.3 Å². The van der Waals surface area contributed by atoms with Gasteiger partial charge in [0.2, 0.25) is 5.13 Å². The second-order valence-electron chi connectivity index (χ2n) is 3.22. The Balaban J connectivity index is 2.44. The molecule has 0 aliphatic heterocycles. The van der Waals surface area contributed by atoms with Crippen LogP contribution < -0.4 is 4.72 Å². The lowest BCUT2D eigenvalue weighted by atomic mass is 10.3. The van der Waals surface area contributed by atoms with Crippen LogP contribution in [0.5, 0.6) is 0 Å². The van der Waals surface area contributed by atoms with E-state index in [2.05, 4.69) is 20.0 Å². The smallest absolute Gasteiger partial charge is 0.213 e. The van der Waals surface area contributed by atoms with Gasteiger partial charge in [0.05, 0.1) is 14.6 Å². The third-order valence-electron chi connectivity index (χ3n) is 1.94. The van der Waals surface area contributed by atoms with Crippen LogP contribution in [0.15, 0.2) is 23.4 Å². The van der Waals surface area contributed by atoms with Gasteiger partial charge >= 0.3 is 0 Å². The molecule has 1 atom stereocenters. The number of hydrogen-bond acceptors (Lipinski definition) is 4. The van der Waals surface area contributed by atoms with Crippen molar-refractivity contribution >= 4 is 32.2 Å². The van der Waals surface area contributed by atoms with Gasteiger partial charge in [0, 0.05) is 17.6 Å². The predicted octanol–water partition coefficient (Wildman–Crippen LogP) is 2.06. The van der Waals surface area contributed by atoms with Gasteiger partial charge in [0.25, 0.3) is 0 Å². The molecule has 2 aromatic rings. The number of aromatic nitrogens is 2. The van der Waals surface area contributed by atoms with Gasteiger partial charge < -0.3 is 0 Å². The van der Waals surface area contributed by atoms with Crippen LogP contribution in [-0.2, 0) is 9.71 Å². The molecule has 9 heteroatoms. The molecule has 0 radical (unpaired) electrons. The standard InChI is InChI=1S/C9H6F3N3OS2/c1-18(16,15-9-13-4-14-17-9)8-3-6(11)5(10)2-7(8)12/h2-4H,1H2,(H,13,14,15,16). The highest BCUT2D eigenvalue weighted by molar-refractivity contribution is 8.01. The molecule has 1 heterocycles. The normalized spacial score (nSPS) is 14.2. The summed E-state index contributed by atoms with van der Waals surface area (Å²) >= 11 is 0.876. The SMILES string of the molecule is C=S(=O)(Nc1ncns1)c1cc(F)c(F)cc1F. The molecule has 0 saturated carbocycles. The number of benzene rings is 1. The molecule has 0 spiro atoms. The molecule has 2 rings (SSSR count). The molecule has 96 valence electrons. The summed E-state index contributed by atoms with van der Waals surface area (Å²) in [5.41, 5.74) is 0. The zero-order valence-corrected chi connectivity index (χ0v) is 10.3. The van der Waals surface area contributed by atoms with E-state index in [1.165, 1.54) is 6.33 Å². The summed E-state index contributed by atoms with van der Waals surface area (Å²) in [5.74, 6) is -0.537. The third-order valence-corrected chi connectivity index (χ3v) is 4.20. The highest BCUT2D eigenvalue weighted by Crippen LogP contribution is 2.21. The molecule has 1 N–H and O–H groups in total. The van der Waals surface area contributed by atoms with Gasteiger partial charge in [-0.05, 0) is 11.9 Å². The van der Waals surface area contributed by atoms with Crippen LogP contribution >= 0.6 is 11.5 Å². The van der Waals surface area contributed by atoms with Gasteiger partial charge in [0.15, 0.2) is 11.6 Å². The molecule has 4 nitrogen and oxygen atoms in total. The Morgan fingerprint density at radius 3 is 2.50 bits per heavy atom. The second kappa shape index (κ2) is 4.58. The average Bonchev–Trinajstić information content (AvgIpc) is 2.75. The van der Waals surface area contributed by atoms with Gasteiger partial charge in [-0.3, -0.25) is 4.72 Å². The molecular weight excluding hydrogens is 287 g/mol. The highest BCUT2D eigenvalue weighted by atomic mass is 32.2. The summed E-state index contributed by atoms with van der Waals surface area (Å²) in [6, 6.07) is 0.825. The van der Waals surface area contributed by atoms with E-state index in [1.807, 2.05) is 0 Å². The molecule has 0 aliphatic rings. The first kappa shape index (κ1) is 12.8. The van der Waals surface area contributed by atoms with Crippen LogP contribution in [0.1, 0.15) is 0 Å². The van der Waals surface area contributed by atoms with Crippen molar-refractivity contribution in [1.82, 2.24) is 9.36 Å². The van der Waals surface area contributed by atoms with Crippen molar-refractivity contribution in [2.45, 2.75) is 4.90 Å². The van der Waals surface area contributed by atoms with Crippen molar-refractivity contribution in [3.05, 3.63) is 35.9 Å². The Morgan fingerprint density at radius 2 is 1.89 bits per heavy atom. The Bertz CT molecular complexity index is 671. The van der Waals surface area contributed by atoms with E-state index < -0.39 is 32.1 Å². The van der Waals surface area contributed by atoms with Crippen molar-refractivity contribution in [2.75, 3.05) is 4.72 Å². The quantitative estimate of drug-likeness (QED) is 0.696. The van der Waals surface area contributed by atoms with Crippen LogP contribution in [-0.4, -0.2) is 19.4 Å².